The lowest BCUT2D eigenvalue weighted by atomic mass is 10.2. The number of fused-ring (bicyclic) bond motifs is 1. The molecular weight excluding hydrogens is 500 g/mol. The van der Waals surface area contributed by atoms with Gasteiger partial charge in [0.05, 0.1) is 5.69 Å². The van der Waals surface area contributed by atoms with Gasteiger partial charge in [-0.15, -0.1) is 0 Å². The molecule has 9 nitrogen and oxygen atoms in total. The van der Waals surface area contributed by atoms with Gasteiger partial charge in [-0.2, -0.15) is 10.2 Å². The Hall–Kier alpha value is -5.20. The molecular formula is C31H30N8O. The van der Waals surface area contributed by atoms with Crippen LogP contribution in [0.5, 0.6) is 0 Å². The van der Waals surface area contributed by atoms with Crippen molar-refractivity contribution in [1.82, 2.24) is 19.4 Å². The molecule has 0 atom stereocenters. The van der Waals surface area contributed by atoms with Crippen LogP contribution in [0.2, 0.25) is 0 Å². The highest BCUT2D eigenvalue weighted by Gasteiger charge is 2.19. The van der Waals surface area contributed by atoms with Crippen LogP contribution < -0.4 is 15.5 Å². The largest absolute Gasteiger partial charge is 0.388 e. The number of hydrogen-bond donors (Lipinski definition) is 2. The molecule has 0 spiro atoms. The number of aromatic nitrogens is 3. The fraction of sp³-hybridized carbons (Fsp3) is 0.161. The molecule has 200 valence electrons. The second-order valence-electron chi connectivity index (χ2n) is 9.58. The van der Waals surface area contributed by atoms with E-state index in [1.165, 1.54) is 5.56 Å². The molecule has 0 radical (unpaired) electrons. The van der Waals surface area contributed by atoms with Crippen LogP contribution in [0.3, 0.4) is 0 Å². The third-order valence-corrected chi connectivity index (χ3v) is 6.74. The van der Waals surface area contributed by atoms with Crippen molar-refractivity contribution in [2.75, 3.05) is 29.6 Å². The summed E-state index contributed by atoms with van der Waals surface area (Å²) >= 11 is 0. The minimum absolute atomic E-state index is 0.358. The Bertz CT molecular complexity index is 1690. The topological polar surface area (TPSA) is 102 Å². The first-order valence-corrected chi connectivity index (χ1v) is 12.9. The van der Waals surface area contributed by atoms with Gasteiger partial charge in [-0.25, -0.2) is 4.98 Å². The summed E-state index contributed by atoms with van der Waals surface area (Å²) in [6.07, 6.45) is 2.54. The summed E-state index contributed by atoms with van der Waals surface area (Å²) in [6, 6.07) is 27.7. The number of anilines is 5. The van der Waals surface area contributed by atoms with Gasteiger partial charge in [-0.05, 0) is 55.1 Å². The molecule has 0 aliphatic heterocycles. The fourth-order valence-electron chi connectivity index (χ4n) is 4.73. The molecule has 0 fully saturated rings. The second kappa shape index (κ2) is 11.7. The first-order chi connectivity index (χ1) is 19.5. The zero-order valence-corrected chi connectivity index (χ0v) is 22.7. The predicted molar refractivity (Wildman–Crippen MR) is 159 cm³/mol. The standard InChI is InChI=1S/C31H30N8O/c1-33-25-10-7-11-27(16-25)39(21-40)30-24(20-37(2)19-22-8-5-4-6-9-22)18-34-31(36-30)35-26-12-13-29-23(14-26)15-28(17-32)38(29)3/h4-16,18,21,33H,19-20H2,1-3H3,(H,34,35,36). The third kappa shape index (κ3) is 5.62. The lowest BCUT2D eigenvalue weighted by Crippen LogP contribution is -2.23. The summed E-state index contributed by atoms with van der Waals surface area (Å²) in [4.78, 5) is 25.6. The van der Waals surface area contributed by atoms with Gasteiger partial charge < -0.3 is 15.2 Å². The Kier molecular flexibility index (Phi) is 7.71. The summed E-state index contributed by atoms with van der Waals surface area (Å²) in [6.45, 7) is 1.27. The Morgan fingerprint density at radius 2 is 1.82 bits per heavy atom. The maximum absolute atomic E-state index is 12.5. The van der Waals surface area contributed by atoms with Crippen LogP contribution in [0.25, 0.3) is 10.9 Å². The summed E-state index contributed by atoms with van der Waals surface area (Å²) < 4.78 is 1.86. The molecule has 0 bridgehead atoms. The average molecular weight is 531 g/mol. The number of nitrogens with zero attached hydrogens (tertiary/aromatic N) is 6. The smallest absolute Gasteiger partial charge is 0.229 e. The summed E-state index contributed by atoms with van der Waals surface area (Å²) in [5, 5.41) is 16.7. The molecule has 9 heteroatoms. The number of hydrogen-bond acceptors (Lipinski definition) is 7. The number of nitrogens with one attached hydrogen (secondary N) is 2. The van der Waals surface area contributed by atoms with E-state index in [1.54, 1.807) is 11.1 Å². The van der Waals surface area contributed by atoms with Crippen molar-refractivity contribution >= 4 is 46.1 Å². The van der Waals surface area contributed by atoms with E-state index in [9.17, 15) is 10.1 Å². The Balaban J connectivity index is 1.50. The van der Waals surface area contributed by atoms with E-state index in [4.69, 9.17) is 4.98 Å². The molecule has 1 amide bonds. The highest BCUT2D eigenvalue weighted by molar-refractivity contribution is 5.88. The fourth-order valence-corrected chi connectivity index (χ4v) is 4.73. The lowest BCUT2D eigenvalue weighted by Gasteiger charge is -2.24. The summed E-state index contributed by atoms with van der Waals surface area (Å²) in [7, 11) is 5.73. The Morgan fingerprint density at radius 3 is 2.58 bits per heavy atom. The van der Waals surface area contributed by atoms with Crippen LogP contribution in [0.1, 0.15) is 16.8 Å². The quantitative estimate of drug-likeness (QED) is 0.228. The molecule has 3 aromatic carbocycles. The van der Waals surface area contributed by atoms with E-state index < -0.39 is 0 Å². The predicted octanol–water partition coefficient (Wildman–Crippen LogP) is 5.55. The lowest BCUT2D eigenvalue weighted by molar-refractivity contribution is -0.106. The molecule has 0 unspecified atom stereocenters. The highest BCUT2D eigenvalue weighted by atomic mass is 16.1. The van der Waals surface area contributed by atoms with E-state index in [0.29, 0.717) is 29.7 Å². The van der Waals surface area contributed by atoms with Crippen molar-refractivity contribution < 1.29 is 4.79 Å². The second-order valence-corrected chi connectivity index (χ2v) is 9.58. The van der Waals surface area contributed by atoms with Crippen LogP contribution in [0.15, 0.2) is 85.1 Å². The van der Waals surface area contributed by atoms with Crippen LogP contribution in [-0.2, 0) is 24.9 Å². The van der Waals surface area contributed by atoms with Crippen molar-refractivity contribution in [2.45, 2.75) is 13.1 Å². The van der Waals surface area contributed by atoms with Crippen LogP contribution in [0, 0.1) is 11.3 Å². The zero-order chi connectivity index (χ0) is 28.1. The molecule has 40 heavy (non-hydrogen) atoms. The molecule has 5 aromatic rings. The SMILES string of the molecule is CNc1cccc(N(C=O)c2nc(Nc3ccc4c(c3)cc(C#N)n4C)ncc2CN(C)Cc2ccccc2)c1. The number of nitriles is 1. The van der Waals surface area contributed by atoms with Gasteiger partial charge in [0, 0.05) is 61.2 Å². The zero-order valence-electron chi connectivity index (χ0n) is 22.7. The van der Waals surface area contributed by atoms with Gasteiger partial charge in [0.2, 0.25) is 12.4 Å². The maximum Gasteiger partial charge on any atom is 0.229 e. The van der Waals surface area contributed by atoms with Crippen LogP contribution in [-0.4, -0.2) is 39.9 Å². The molecule has 2 aromatic heterocycles. The Morgan fingerprint density at radius 1 is 1.00 bits per heavy atom. The highest BCUT2D eigenvalue weighted by Crippen LogP contribution is 2.30. The molecule has 2 N–H and O–H groups in total. The van der Waals surface area contributed by atoms with Gasteiger partial charge in [0.15, 0.2) is 0 Å². The molecule has 0 saturated heterocycles. The van der Waals surface area contributed by atoms with Crippen molar-refractivity contribution in [3.8, 4) is 6.07 Å². The van der Waals surface area contributed by atoms with Gasteiger partial charge in [-0.1, -0.05) is 36.4 Å². The van der Waals surface area contributed by atoms with Crippen molar-refractivity contribution in [2.24, 2.45) is 7.05 Å². The van der Waals surface area contributed by atoms with Crippen molar-refractivity contribution in [3.63, 3.8) is 0 Å². The number of amides is 1. The van der Waals surface area contributed by atoms with Crippen LogP contribution in [0.4, 0.5) is 28.8 Å². The van der Waals surface area contributed by atoms with Gasteiger partial charge >= 0.3 is 0 Å². The number of rotatable bonds is 10. The number of aryl methyl sites for hydroxylation is 1. The number of benzene rings is 3. The first-order valence-electron chi connectivity index (χ1n) is 12.9. The Labute approximate surface area is 233 Å². The monoisotopic (exact) mass is 530 g/mol. The van der Waals surface area contributed by atoms with Crippen molar-refractivity contribution in [3.05, 3.63) is 102 Å². The summed E-state index contributed by atoms with van der Waals surface area (Å²) in [5.74, 6) is 0.852. The first kappa shape index (κ1) is 26.4. The van der Waals surface area contributed by atoms with E-state index in [1.807, 2.05) is 92.4 Å². The summed E-state index contributed by atoms with van der Waals surface area (Å²) in [5.41, 5.74) is 5.88. The van der Waals surface area contributed by atoms with E-state index in [-0.39, 0.29) is 0 Å². The van der Waals surface area contributed by atoms with E-state index in [2.05, 4.69) is 38.7 Å². The molecule has 5 rings (SSSR count). The minimum Gasteiger partial charge on any atom is -0.388 e. The van der Waals surface area contributed by atoms with Gasteiger partial charge in [0.25, 0.3) is 0 Å². The molecule has 2 heterocycles. The number of carbonyl (C=O) groups is 1. The number of carbonyl (C=O) groups excluding carboxylic acids is 1. The van der Waals surface area contributed by atoms with E-state index >= 15 is 0 Å². The molecule has 0 aliphatic rings. The van der Waals surface area contributed by atoms with Gasteiger partial charge in [-0.3, -0.25) is 14.6 Å². The van der Waals surface area contributed by atoms with Crippen molar-refractivity contribution in [1.29, 1.82) is 5.26 Å². The maximum atomic E-state index is 12.5. The van der Waals surface area contributed by atoms with E-state index in [0.717, 1.165) is 40.8 Å². The molecule has 0 aliphatic carbocycles. The van der Waals surface area contributed by atoms with Crippen LogP contribution >= 0.6 is 0 Å². The normalized spacial score (nSPS) is 10.9. The minimum atomic E-state index is 0.358. The molecule has 0 saturated carbocycles. The third-order valence-electron chi connectivity index (χ3n) is 6.74. The van der Waals surface area contributed by atoms with Gasteiger partial charge in [0.1, 0.15) is 17.6 Å². The average Bonchev–Trinajstić information content (AvgIpc) is 3.30.